The van der Waals surface area contributed by atoms with Crippen LogP contribution in [0, 0.1) is 5.82 Å². The maximum absolute atomic E-state index is 13.0. The van der Waals surface area contributed by atoms with Gasteiger partial charge in [-0.15, -0.1) is 0 Å². The number of fused-ring (bicyclic) bond motifs is 1. The zero-order valence-electron chi connectivity index (χ0n) is 10.7. The summed E-state index contributed by atoms with van der Waals surface area (Å²) in [4.78, 5) is 17.1. The molecule has 0 saturated heterocycles. The molecular formula is C14H17FN2O. The molecule has 2 aromatic rings. The van der Waals surface area contributed by atoms with Crippen LogP contribution >= 0.6 is 0 Å². The number of rotatable bonds is 5. The Bertz CT molecular complexity index is 562. The molecule has 0 saturated carbocycles. The summed E-state index contributed by atoms with van der Waals surface area (Å²) in [5.41, 5.74) is 1.30. The lowest BCUT2D eigenvalue weighted by molar-refractivity contribution is 0.0948. The van der Waals surface area contributed by atoms with Crippen LogP contribution in [0.5, 0.6) is 0 Å². The quantitative estimate of drug-likeness (QED) is 0.826. The van der Waals surface area contributed by atoms with Crippen molar-refractivity contribution in [1.82, 2.24) is 9.88 Å². The molecule has 0 aliphatic carbocycles. The van der Waals surface area contributed by atoms with Gasteiger partial charge in [0.15, 0.2) is 5.78 Å². The largest absolute Gasteiger partial charge is 0.360 e. The maximum atomic E-state index is 13.0. The zero-order valence-corrected chi connectivity index (χ0v) is 10.7. The number of carbonyl (C=O) groups is 1. The van der Waals surface area contributed by atoms with E-state index in [1.807, 2.05) is 11.9 Å². The Kier molecular flexibility index (Phi) is 3.77. The molecule has 0 radical (unpaired) electrons. The molecule has 0 aliphatic heterocycles. The van der Waals surface area contributed by atoms with Crippen molar-refractivity contribution >= 4 is 16.7 Å². The molecule has 0 atom stereocenters. The van der Waals surface area contributed by atoms with Crippen molar-refractivity contribution in [2.75, 3.05) is 20.1 Å². The summed E-state index contributed by atoms with van der Waals surface area (Å²) in [7, 11) is 1.93. The first-order chi connectivity index (χ1) is 8.61. The molecule has 0 bridgehead atoms. The number of Topliss-reactive ketones (excluding diaryl/α,β-unsaturated/α-hetero) is 1. The van der Waals surface area contributed by atoms with Gasteiger partial charge in [0.25, 0.3) is 0 Å². The molecule has 1 aromatic carbocycles. The number of nitrogens with one attached hydrogen (secondary N) is 1. The molecule has 0 aliphatic rings. The number of carbonyl (C=O) groups excluding carboxylic acids is 1. The van der Waals surface area contributed by atoms with E-state index in [4.69, 9.17) is 0 Å². The van der Waals surface area contributed by atoms with Crippen molar-refractivity contribution in [3.8, 4) is 0 Å². The van der Waals surface area contributed by atoms with Gasteiger partial charge in [-0.1, -0.05) is 6.92 Å². The van der Waals surface area contributed by atoms with Gasteiger partial charge in [0.05, 0.1) is 6.54 Å². The van der Waals surface area contributed by atoms with Crippen molar-refractivity contribution < 1.29 is 9.18 Å². The number of nitrogens with zero attached hydrogens (tertiary/aromatic N) is 1. The van der Waals surface area contributed by atoms with Crippen molar-refractivity contribution in [1.29, 1.82) is 0 Å². The van der Waals surface area contributed by atoms with Gasteiger partial charge < -0.3 is 4.98 Å². The van der Waals surface area contributed by atoms with E-state index in [1.54, 1.807) is 12.3 Å². The molecule has 96 valence electrons. The van der Waals surface area contributed by atoms with Crippen LogP contribution in [0.25, 0.3) is 10.9 Å². The second-order valence-electron chi connectivity index (χ2n) is 4.55. The summed E-state index contributed by atoms with van der Waals surface area (Å²) in [6, 6.07) is 4.43. The van der Waals surface area contributed by atoms with Crippen LogP contribution in [-0.4, -0.2) is 35.8 Å². The standard InChI is InChI=1S/C14H17FN2O/c1-3-6-17(2)9-14(18)12-8-16-13-7-10(15)4-5-11(12)13/h4-5,7-8,16H,3,6,9H2,1-2H3. The number of aromatic amines is 1. The average molecular weight is 248 g/mol. The molecule has 0 spiro atoms. The van der Waals surface area contributed by atoms with E-state index in [1.165, 1.54) is 12.1 Å². The van der Waals surface area contributed by atoms with E-state index < -0.39 is 0 Å². The van der Waals surface area contributed by atoms with Crippen molar-refractivity contribution in [3.63, 3.8) is 0 Å². The molecular weight excluding hydrogens is 231 g/mol. The van der Waals surface area contributed by atoms with Crippen LogP contribution in [0.2, 0.25) is 0 Å². The number of aromatic nitrogens is 1. The van der Waals surface area contributed by atoms with E-state index >= 15 is 0 Å². The minimum Gasteiger partial charge on any atom is -0.360 e. The minimum atomic E-state index is -0.300. The second kappa shape index (κ2) is 5.31. The third-order valence-corrected chi connectivity index (χ3v) is 2.96. The van der Waals surface area contributed by atoms with Gasteiger partial charge in [-0.3, -0.25) is 9.69 Å². The van der Waals surface area contributed by atoms with Gasteiger partial charge >= 0.3 is 0 Å². The predicted molar refractivity (Wildman–Crippen MR) is 70.4 cm³/mol. The van der Waals surface area contributed by atoms with Crippen molar-refractivity contribution in [2.45, 2.75) is 13.3 Å². The first kappa shape index (κ1) is 12.8. The number of benzene rings is 1. The maximum Gasteiger partial charge on any atom is 0.178 e. The lowest BCUT2D eigenvalue weighted by Gasteiger charge is -2.13. The highest BCUT2D eigenvalue weighted by molar-refractivity contribution is 6.08. The highest BCUT2D eigenvalue weighted by Crippen LogP contribution is 2.19. The predicted octanol–water partition coefficient (Wildman–Crippen LogP) is 2.83. The Morgan fingerprint density at radius 3 is 2.94 bits per heavy atom. The van der Waals surface area contributed by atoms with E-state index in [0.29, 0.717) is 17.6 Å². The number of hydrogen-bond acceptors (Lipinski definition) is 2. The molecule has 2 rings (SSSR count). The van der Waals surface area contributed by atoms with Crippen LogP contribution in [0.3, 0.4) is 0 Å². The highest BCUT2D eigenvalue weighted by atomic mass is 19.1. The molecule has 18 heavy (non-hydrogen) atoms. The van der Waals surface area contributed by atoms with E-state index in [0.717, 1.165) is 18.4 Å². The third-order valence-electron chi connectivity index (χ3n) is 2.96. The van der Waals surface area contributed by atoms with Crippen LogP contribution in [0.4, 0.5) is 4.39 Å². The molecule has 0 fully saturated rings. The second-order valence-corrected chi connectivity index (χ2v) is 4.55. The van der Waals surface area contributed by atoms with Gasteiger partial charge in [0.1, 0.15) is 5.82 Å². The molecule has 1 aromatic heterocycles. The fourth-order valence-electron chi connectivity index (χ4n) is 2.12. The molecule has 0 unspecified atom stereocenters. The third kappa shape index (κ3) is 2.59. The zero-order chi connectivity index (χ0) is 13.1. The number of likely N-dealkylation sites (N-methyl/N-ethyl adjacent to an activating group) is 1. The Hall–Kier alpha value is -1.68. The number of hydrogen-bond donors (Lipinski definition) is 1. The first-order valence-electron chi connectivity index (χ1n) is 6.10. The SMILES string of the molecule is CCCN(C)CC(=O)c1c[nH]c2cc(F)ccc12. The van der Waals surface area contributed by atoms with Gasteiger partial charge in [0, 0.05) is 22.7 Å². The van der Waals surface area contributed by atoms with Crippen LogP contribution in [0.15, 0.2) is 24.4 Å². The highest BCUT2D eigenvalue weighted by Gasteiger charge is 2.13. The van der Waals surface area contributed by atoms with E-state index in [2.05, 4.69) is 11.9 Å². The molecule has 1 heterocycles. The Labute approximate surface area is 106 Å². The summed E-state index contributed by atoms with van der Waals surface area (Å²) in [6.07, 6.45) is 2.68. The summed E-state index contributed by atoms with van der Waals surface area (Å²) in [5, 5.41) is 0.784. The summed E-state index contributed by atoms with van der Waals surface area (Å²) >= 11 is 0. The fourth-order valence-corrected chi connectivity index (χ4v) is 2.12. The van der Waals surface area contributed by atoms with Crippen molar-refractivity contribution in [2.24, 2.45) is 0 Å². The normalized spacial score (nSPS) is 11.3. The number of ketones is 1. The molecule has 3 nitrogen and oxygen atoms in total. The summed E-state index contributed by atoms with van der Waals surface area (Å²) < 4.78 is 13.0. The van der Waals surface area contributed by atoms with E-state index in [-0.39, 0.29) is 11.6 Å². The Morgan fingerprint density at radius 2 is 2.22 bits per heavy atom. The van der Waals surface area contributed by atoms with Gasteiger partial charge in [-0.25, -0.2) is 4.39 Å². The molecule has 4 heteroatoms. The Morgan fingerprint density at radius 1 is 1.44 bits per heavy atom. The van der Waals surface area contributed by atoms with Gasteiger partial charge in [-0.2, -0.15) is 0 Å². The number of halogens is 1. The van der Waals surface area contributed by atoms with Gasteiger partial charge in [0.2, 0.25) is 0 Å². The average Bonchev–Trinajstić information content (AvgIpc) is 2.71. The smallest absolute Gasteiger partial charge is 0.178 e. The minimum absolute atomic E-state index is 0.0591. The van der Waals surface area contributed by atoms with Crippen LogP contribution in [0.1, 0.15) is 23.7 Å². The van der Waals surface area contributed by atoms with E-state index in [9.17, 15) is 9.18 Å². The lowest BCUT2D eigenvalue weighted by Crippen LogP contribution is -2.26. The van der Waals surface area contributed by atoms with Crippen LogP contribution < -0.4 is 0 Å². The monoisotopic (exact) mass is 248 g/mol. The van der Waals surface area contributed by atoms with Crippen LogP contribution in [-0.2, 0) is 0 Å². The first-order valence-corrected chi connectivity index (χ1v) is 6.10. The molecule has 1 N–H and O–H groups in total. The molecule has 0 amide bonds. The number of H-pyrrole nitrogens is 1. The van der Waals surface area contributed by atoms with Gasteiger partial charge in [-0.05, 0) is 38.2 Å². The topological polar surface area (TPSA) is 36.1 Å². The summed E-state index contributed by atoms with van der Waals surface area (Å²) in [5.74, 6) is -0.241. The van der Waals surface area contributed by atoms with Crippen molar-refractivity contribution in [3.05, 3.63) is 35.8 Å². The lowest BCUT2D eigenvalue weighted by atomic mass is 10.1. The Balaban J connectivity index is 2.23. The summed E-state index contributed by atoms with van der Waals surface area (Å²) in [6.45, 7) is 3.36. The fraction of sp³-hybridized carbons (Fsp3) is 0.357.